The molecule has 0 aliphatic carbocycles. The van der Waals surface area contributed by atoms with Crippen LogP contribution in [-0.2, 0) is 14.4 Å². The first-order valence-corrected chi connectivity index (χ1v) is 8.31. The van der Waals surface area contributed by atoms with Gasteiger partial charge in [0.15, 0.2) is 0 Å². The maximum atomic E-state index is 12.7. The molecule has 134 valence electrons. The average Bonchev–Trinajstić information content (AvgIpc) is 2.98. The van der Waals surface area contributed by atoms with Crippen LogP contribution in [0.5, 0.6) is 5.75 Å². The van der Waals surface area contributed by atoms with Gasteiger partial charge < -0.3 is 10.2 Å². The normalized spacial score (nSPS) is 31.7. The second kappa shape index (κ2) is 5.84. The van der Waals surface area contributed by atoms with Gasteiger partial charge in [-0.2, -0.15) is 0 Å². The van der Waals surface area contributed by atoms with E-state index in [0.717, 1.165) is 4.90 Å². The van der Waals surface area contributed by atoms with Crippen molar-refractivity contribution in [3.63, 3.8) is 0 Å². The summed E-state index contributed by atoms with van der Waals surface area (Å²) < 4.78 is 0. The SMILES string of the molecule is CC(C)C[C@]1(C(=O)O)N[C@H](c2ccccc2O)[C@@H]2C(=O)N(C)C(=O)[C@@H]21. The van der Waals surface area contributed by atoms with Crippen LogP contribution in [0.2, 0.25) is 0 Å². The third-order valence-corrected chi connectivity index (χ3v) is 5.26. The largest absolute Gasteiger partial charge is 0.508 e. The van der Waals surface area contributed by atoms with Crippen molar-refractivity contribution in [2.24, 2.45) is 17.8 Å². The molecule has 7 heteroatoms. The Morgan fingerprint density at radius 1 is 1.28 bits per heavy atom. The number of fused-ring (bicyclic) bond motifs is 1. The molecule has 3 N–H and O–H groups in total. The Labute approximate surface area is 145 Å². The van der Waals surface area contributed by atoms with Crippen molar-refractivity contribution < 1.29 is 24.6 Å². The van der Waals surface area contributed by atoms with Crippen LogP contribution in [0.3, 0.4) is 0 Å². The second-order valence-electron chi connectivity index (χ2n) is 7.29. The maximum Gasteiger partial charge on any atom is 0.324 e. The van der Waals surface area contributed by atoms with Crippen LogP contribution >= 0.6 is 0 Å². The fourth-order valence-corrected chi connectivity index (χ4v) is 4.28. The van der Waals surface area contributed by atoms with Gasteiger partial charge in [0, 0.05) is 18.7 Å². The van der Waals surface area contributed by atoms with Crippen molar-refractivity contribution in [2.45, 2.75) is 31.8 Å². The molecule has 2 aliphatic rings. The third kappa shape index (κ3) is 2.41. The van der Waals surface area contributed by atoms with E-state index in [1.165, 1.54) is 13.1 Å². The molecular formula is C18H22N2O5. The van der Waals surface area contributed by atoms with Crippen LogP contribution in [0.25, 0.3) is 0 Å². The predicted molar refractivity (Wildman–Crippen MR) is 88.6 cm³/mol. The van der Waals surface area contributed by atoms with Crippen LogP contribution in [0.15, 0.2) is 24.3 Å². The first-order valence-electron chi connectivity index (χ1n) is 8.31. The summed E-state index contributed by atoms with van der Waals surface area (Å²) in [5.41, 5.74) is -1.11. The highest BCUT2D eigenvalue weighted by atomic mass is 16.4. The molecule has 2 heterocycles. The Bertz CT molecular complexity index is 747. The summed E-state index contributed by atoms with van der Waals surface area (Å²) in [6.45, 7) is 3.75. The monoisotopic (exact) mass is 346 g/mol. The number of rotatable bonds is 4. The smallest absolute Gasteiger partial charge is 0.324 e. The number of hydrogen-bond acceptors (Lipinski definition) is 5. The molecule has 0 spiro atoms. The number of carbonyl (C=O) groups is 3. The topological polar surface area (TPSA) is 107 Å². The number of aliphatic carboxylic acids is 1. The lowest BCUT2D eigenvalue weighted by Crippen LogP contribution is -2.56. The highest BCUT2D eigenvalue weighted by Crippen LogP contribution is 2.51. The summed E-state index contributed by atoms with van der Waals surface area (Å²) in [6, 6.07) is 5.76. The fourth-order valence-electron chi connectivity index (χ4n) is 4.28. The van der Waals surface area contributed by atoms with Gasteiger partial charge in [-0.15, -0.1) is 0 Å². The number of nitrogens with zero attached hydrogens (tertiary/aromatic N) is 1. The first-order chi connectivity index (χ1) is 11.7. The lowest BCUT2D eigenvalue weighted by Gasteiger charge is -2.32. The number of aromatic hydroxyl groups is 1. The van der Waals surface area contributed by atoms with Crippen molar-refractivity contribution >= 4 is 17.8 Å². The molecular weight excluding hydrogens is 324 g/mol. The van der Waals surface area contributed by atoms with Crippen LogP contribution in [0.1, 0.15) is 31.9 Å². The number of para-hydroxylation sites is 1. The van der Waals surface area contributed by atoms with Gasteiger partial charge in [0.1, 0.15) is 11.3 Å². The van der Waals surface area contributed by atoms with Gasteiger partial charge in [-0.05, 0) is 18.4 Å². The molecule has 0 bridgehead atoms. The molecule has 2 saturated heterocycles. The molecule has 0 unspecified atom stereocenters. The van der Waals surface area contributed by atoms with E-state index in [0.29, 0.717) is 5.56 Å². The molecule has 4 atom stereocenters. The van der Waals surface area contributed by atoms with Crippen LogP contribution < -0.4 is 5.32 Å². The van der Waals surface area contributed by atoms with Crippen molar-refractivity contribution in [3.05, 3.63) is 29.8 Å². The van der Waals surface area contributed by atoms with E-state index in [1.54, 1.807) is 18.2 Å². The molecule has 1 aromatic carbocycles. The number of phenolic OH excluding ortho intramolecular Hbond substituents is 1. The summed E-state index contributed by atoms with van der Waals surface area (Å²) in [5, 5.41) is 23.2. The van der Waals surface area contributed by atoms with E-state index in [1.807, 2.05) is 13.8 Å². The summed E-state index contributed by atoms with van der Waals surface area (Å²) in [4.78, 5) is 38.6. The molecule has 7 nitrogen and oxygen atoms in total. The lowest BCUT2D eigenvalue weighted by atomic mass is 9.75. The van der Waals surface area contributed by atoms with E-state index in [-0.39, 0.29) is 18.1 Å². The Balaban J connectivity index is 2.17. The molecule has 1 aromatic rings. The molecule has 0 saturated carbocycles. The minimum atomic E-state index is -1.54. The Morgan fingerprint density at radius 2 is 1.92 bits per heavy atom. The summed E-state index contributed by atoms with van der Waals surface area (Å²) >= 11 is 0. The van der Waals surface area contributed by atoms with E-state index < -0.39 is 41.2 Å². The third-order valence-electron chi connectivity index (χ3n) is 5.26. The number of carbonyl (C=O) groups excluding carboxylic acids is 2. The molecule has 25 heavy (non-hydrogen) atoms. The highest BCUT2D eigenvalue weighted by Gasteiger charge is 2.68. The number of likely N-dealkylation sites (tertiary alicyclic amines) is 1. The fraction of sp³-hybridized carbons (Fsp3) is 0.500. The van der Waals surface area contributed by atoms with Gasteiger partial charge in [-0.3, -0.25) is 24.6 Å². The van der Waals surface area contributed by atoms with Gasteiger partial charge in [0.25, 0.3) is 0 Å². The van der Waals surface area contributed by atoms with Gasteiger partial charge in [0.2, 0.25) is 11.8 Å². The van der Waals surface area contributed by atoms with Crippen LogP contribution in [-0.4, -0.2) is 45.5 Å². The standard InChI is InChI=1S/C18H22N2O5/c1-9(2)8-18(17(24)25)13-12(15(22)20(3)16(13)23)14(19-18)10-6-4-5-7-11(10)21/h4-7,9,12-14,19,21H,8H2,1-3H3,(H,24,25)/t12-,13-,14-,18+/m1/s1. The number of imide groups is 1. The Morgan fingerprint density at radius 3 is 2.48 bits per heavy atom. The van der Waals surface area contributed by atoms with Crippen molar-refractivity contribution in [1.29, 1.82) is 0 Å². The Hall–Kier alpha value is -2.41. The minimum Gasteiger partial charge on any atom is -0.508 e. The minimum absolute atomic E-state index is 0.00109. The number of carboxylic acids is 1. The van der Waals surface area contributed by atoms with Gasteiger partial charge in [0.05, 0.1) is 11.8 Å². The van der Waals surface area contributed by atoms with E-state index in [9.17, 15) is 24.6 Å². The maximum absolute atomic E-state index is 12.7. The summed E-state index contributed by atoms with van der Waals surface area (Å²) in [5.74, 6) is -3.91. The number of benzene rings is 1. The van der Waals surface area contributed by atoms with Gasteiger partial charge >= 0.3 is 5.97 Å². The number of amides is 2. The van der Waals surface area contributed by atoms with E-state index >= 15 is 0 Å². The van der Waals surface area contributed by atoms with Crippen molar-refractivity contribution in [1.82, 2.24) is 10.2 Å². The number of phenols is 1. The summed E-state index contributed by atoms with van der Waals surface area (Å²) in [6.07, 6.45) is 0.209. The Kier molecular flexibility index (Phi) is 4.07. The number of hydrogen-bond donors (Lipinski definition) is 3. The van der Waals surface area contributed by atoms with Gasteiger partial charge in [-0.1, -0.05) is 32.0 Å². The van der Waals surface area contributed by atoms with E-state index in [2.05, 4.69) is 5.32 Å². The van der Waals surface area contributed by atoms with Crippen LogP contribution in [0, 0.1) is 17.8 Å². The second-order valence-corrected chi connectivity index (χ2v) is 7.29. The molecule has 0 aromatic heterocycles. The first kappa shape index (κ1) is 17.4. The molecule has 2 fully saturated rings. The van der Waals surface area contributed by atoms with Gasteiger partial charge in [-0.25, -0.2) is 0 Å². The zero-order valence-corrected chi connectivity index (χ0v) is 14.4. The average molecular weight is 346 g/mol. The van der Waals surface area contributed by atoms with Crippen molar-refractivity contribution in [3.8, 4) is 5.75 Å². The predicted octanol–water partition coefficient (Wildman–Crippen LogP) is 1.14. The zero-order chi connectivity index (χ0) is 18.5. The quantitative estimate of drug-likeness (QED) is 0.706. The number of carboxylic acid groups (broad SMARTS) is 1. The highest BCUT2D eigenvalue weighted by molar-refractivity contribution is 6.09. The summed E-state index contributed by atoms with van der Waals surface area (Å²) in [7, 11) is 1.38. The lowest BCUT2D eigenvalue weighted by molar-refractivity contribution is -0.151. The molecule has 3 rings (SSSR count). The molecule has 2 amide bonds. The van der Waals surface area contributed by atoms with Crippen LogP contribution in [0.4, 0.5) is 0 Å². The number of nitrogens with one attached hydrogen (secondary N) is 1. The molecule has 2 aliphatic heterocycles. The molecule has 0 radical (unpaired) electrons. The van der Waals surface area contributed by atoms with E-state index in [4.69, 9.17) is 0 Å². The van der Waals surface area contributed by atoms with Crippen molar-refractivity contribution in [2.75, 3.05) is 7.05 Å². The zero-order valence-electron chi connectivity index (χ0n) is 14.4.